The van der Waals surface area contributed by atoms with Crippen LogP contribution in [-0.4, -0.2) is 53.5 Å². The molecule has 4 rings (SSSR count). The van der Waals surface area contributed by atoms with Crippen molar-refractivity contribution in [3.05, 3.63) is 11.8 Å². The Hall–Kier alpha value is -1.56. The molecule has 4 heterocycles. The highest BCUT2D eigenvalue weighted by Crippen LogP contribution is 2.32. The second kappa shape index (κ2) is 6.51. The van der Waals surface area contributed by atoms with Crippen LogP contribution in [0.1, 0.15) is 42.5 Å². The van der Waals surface area contributed by atoms with E-state index in [0.29, 0.717) is 29.9 Å². The minimum atomic E-state index is 0.0879. The quantitative estimate of drug-likeness (QED) is 0.836. The molecule has 1 aromatic heterocycles. The van der Waals surface area contributed by atoms with Crippen LogP contribution in [0.15, 0.2) is 6.20 Å². The van der Waals surface area contributed by atoms with Crippen LogP contribution >= 0.6 is 0 Å². The van der Waals surface area contributed by atoms with Gasteiger partial charge < -0.3 is 14.4 Å². The van der Waals surface area contributed by atoms with Gasteiger partial charge in [-0.3, -0.25) is 4.79 Å². The largest absolute Gasteiger partial charge is 0.477 e. The first-order valence-corrected chi connectivity index (χ1v) is 8.88. The summed E-state index contributed by atoms with van der Waals surface area (Å²) in [4.78, 5) is 14.9. The van der Waals surface area contributed by atoms with Gasteiger partial charge in [0.15, 0.2) is 0 Å². The number of rotatable bonds is 2. The van der Waals surface area contributed by atoms with Crippen molar-refractivity contribution in [2.45, 2.75) is 38.6 Å². The summed E-state index contributed by atoms with van der Waals surface area (Å²) in [5.41, 5.74) is 0.636. The minimum Gasteiger partial charge on any atom is -0.477 e. The second-order valence-corrected chi connectivity index (χ2v) is 6.89. The van der Waals surface area contributed by atoms with Gasteiger partial charge in [-0.2, -0.15) is 5.10 Å². The van der Waals surface area contributed by atoms with E-state index in [2.05, 4.69) is 5.10 Å². The summed E-state index contributed by atoms with van der Waals surface area (Å²) in [6.45, 7) is 4.99. The molecule has 0 bridgehead atoms. The first-order valence-electron chi connectivity index (χ1n) is 8.88. The first-order chi connectivity index (χ1) is 11.3. The van der Waals surface area contributed by atoms with E-state index in [-0.39, 0.29) is 5.91 Å². The molecular weight excluding hydrogens is 294 g/mol. The molecule has 1 aromatic rings. The lowest BCUT2D eigenvalue weighted by atomic mass is 9.81. The van der Waals surface area contributed by atoms with Crippen molar-refractivity contribution < 1.29 is 14.3 Å². The fourth-order valence-electron chi connectivity index (χ4n) is 4.15. The van der Waals surface area contributed by atoms with E-state index in [9.17, 15) is 4.79 Å². The number of likely N-dealkylation sites (tertiary alicyclic amines) is 1. The van der Waals surface area contributed by atoms with Gasteiger partial charge in [0.2, 0.25) is 5.88 Å². The maximum Gasteiger partial charge on any atom is 0.260 e. The van der Waals surface area contributed by atoms with Gasteiger partial charge in [-0.05, 0) is 37.5 Å². The molecule has 0 N–H and O–H groups in total. The Labute approximate surface area is 136 Å². The zero-order valence-corrected chi connectivity index (χ0v) is 13.6. The molecule has 0 aliphatic carbocycles. The number of fused-ring (bicyclic) bond motifs is 1. The molecule has 2 fully saturated rings. The lowest BCUT2D eigenvalue weighted by Gasteiger charge is -2.38. The Balaban J connectivity index is 1.46. The lowest BCUT2D eigenvalue weighted by Crippen LogP contribution is -2.43. The number of nitrogens with zero attached hydrogens (tertiary/aromatic N) is 3. The summed E-state index contributed by atoms with van der Waals surface area (Å²) in [5, 5.41) is 4.31. The van der Waals surface area contributed by atoms with E-state index in [4.69, 9.17) is 9.47 Å². The average Bonchev–Trinajstić information content (AvgIpc) is 3.06. The highest BCUT2D eigenvalue weighted by Gasteiger charge is 2.33. The smallest absolute Gasteiger partial charge is 0.260 e. The van der Waals surface area contributed by atoms with Gasteiger partial charge in [0.05, 0.1) is 12.8 Å². The van der Waals surface area contributed by atoms with Crippen molar-refractivity contribution in [2.24, 2.45) is 11.8 Å². The molecule has 2 saturated heterocycles. The molecule has 3 aliphatic rings. The van der Waals surface area contributed by atoms with E-state index in [1.165, 1.54) is 6.42 Å². The summed E-state index contributed by atoms with van der Waals surface area (Å²) >= 11 is 0. The van der Waals surface area contributed by atoms with E-state index in [1.807, 2.05) is 9.58 Å². The first kappa shape index (κ1) is 15.0. The molecule has 0 radical (unpaired) electrons. The van der Waals surface area contributed by atoms with Crippen LogP contribution in [0, 0.1) is 11.8 Å². The molecule has 3 aliphatic heterocycles. The average molecular weight is 319 g/mol. The zero-order valence-electron chi connectivity index (χ0n) is 13.6. The monoisotopic (exact) mass is 319 g/mol. The van der Waals surface area contributed by atoms with Gasteiger partial charge in [-0.25, -0.2) is 4.68 Å². The number of carbonyl (C=O) groups excluding carboxylic acids is 1. The number of hydrogen-bond acceptors (Lipinski definition) is 4. The lowest BCUT2D eigenvalue weighted by molar-refractivity contribution is 0.0251. The van der Waals surface area contributed by atoms with Gasteiger partial charge in [0, 0.05) is 39.3 Å². The van der Waals surface area contributed by atoms with E-state index >= 15 is 0 Å². The van der Waals surface area contributed by atoms with Crippen molar-refractivity contribution in [3.63, 3.8) is 0 Å². The predicted molar refractivity (Wildman–Crippen MR) is 84.5 cm³/mol. The van der Waals surface area contributed by atoms with Crippen LogP contribution in [0.5, 0.6) is 5.88 Å². The fourth-order valence-corrected chi connectivity index (χ4v) is 4.15. The van der Waals surface area contributed by atoms with Gasteiger partial charge in [-0.1, -0.05) is 0 Å². The second-order valence-electron chi connectivity index (χ2n) is 6.89. The predicted octanol–water partition coefficient (Wildman–Crippen LogP) is 1.94. The van der Waals surface area contributed by atoms with Crippen LogP contribution in [-0.2, 0) is 11.3 Å². The summed E-state index contributed by atoms with van der Waals surface area (Å²) in [7, 11) is 0. The van der Waals surface area contributed by atoms with E-state index in [0.717, 1.165) is 58.5 Å². The Morgan fingerprint density at radius 3 is 2.83 bits per heavy atom. The van der Waals surface area contributed by atoms with Crippen molar-refractivity contribution in [2.75, 3.05) is 32.9 Å². The van der Waals surface area contributed by atoms with Gasteiger partial charge in [0.25, 0.3) is 5.91 Å². The summed E-state index contributed by atoms with van der Waals surface area (Å²) in [5.74, 6) is 2.07. The maximum absolute atomic E-state index is 12.9. The molecule has 0 spiro atoms. The van der Waals surface area contributed by atoms with Crippen molar-refractivity contribution in [1.82, 2.24) is 14.7 Å². The molecule has 23 heavy (non-hydrogen) atoms. The van der Waals surface area contributed by atoms with Gasteiger partial charge in [-0.15, -0.1) is 0 Å². The third-order valence-electron chi connectivity index (χ3n) is 5.45. The topological polar surface area (TPSA) is 56.6 Å². The minimum absolute atomic E-state index is 0.0879. The molecule has 0 saturated carbocycles. The Morgan fingerprint density at radius 2 is 1.96 bits per heavy atom. The normalized spacial score (nSPS) is 25.7. The van der Waals surface area contributed by atoms with Crippen LogP contribution in [0.4, 0.5) is 0 Å². The van der Waals surface area contributed by atoms with E-state index < -0.39 is 0 Å². The maximum atomic E-state index is 12.9. The van der Waals surface area contributed by atoms with Crippen molar-refractivity contribution >= 4 is 5.91 Å². The van der Waals surface area contributed by atoms with Crippen LogP contribution < -0.4 is 4.74 Å². The Morgan fingerprint density at radius 1 is 1.09 bits per heavy atom. The number of ether oxygens (including phenoxy) is 2. The number of amides is 1. The van der Waals surface area contributed by atoms with Crippen LogP contribution in [0.3, 0.4) is 0 Å². The number of piperidine rings is 1. The molecular formula is C17H25N3O3. The third kappa shape index (κ3) is 2.96. The van der Waals surface area contributed by atoms with Gasteiger partial charge in [0.1, 0.15) is 5.56 Å². The van der Waals surface area contributed by atoms with Crippen LogP contribution in [0.25, 0.3) is 0 Å². The van der Waals surface area contributed by atoms with Crippen molar-refractivity contribution in [3.8, 4) is 5.88 Å². The highest BCUT2D eigenvalue weighted by atomic mass is 16.5. The Kier molecular flexibility index (Phi) is 4.25. The zero-order chi connectivity index (χ0) is 15.6. The van der Waals surface area contributed by atoms with Crippen LogP contribution in [0.2, 0.25) is 0 Å². The fraction of sp³-hybridized carbons (Fsp3) is 0.765. The molecule has 6 heteroatoms. The summed E-state index contributed by atoms with van der Waals surface area (Å²) < 4.78 is 13.0. The SMILES string of the molecule is O=C(c1cnn2c1OCCC2)N1CCCC(C2CCOCC2)C1. The molecule has 1 unspecified atom stereocenters. The standard InChI is InChI=1S/C17H25N3O3/c21-16(15-11-18-20-7-2-8-23-17(15)20)19-6-1-3-14(12-19)13-4-9-22-10-5-13/h11,13-14H,1-10,12H2. The Bertz CT molecular complexity index is 565. The summed E-state index contributed by atoms with van der Waals surface area (Å²) in [6.07, 6.45) is 7.24. The van der Waals surface area contributed by atoms with E-state index in [1.54, 1.807) is 6.20 Å². The molecule has 126 valence electrons. The summed E-state index contributed by atoms with van der Waals surface area (Å²) in [6, 6.07) is 0. The highest BCUT2D eigenvalue weighted by molar-refractivity contribution is 5.96. The number of aromatic nitrogens is 2. The molecule has 1 amide bonds. The number of carbonyl (C=O) groups is 1. The molecule has 6 nitrogen and oxygen atoms in total. The van der Waals surface area contributed by atoms with Crippen molar-refractivity contribution in [1.29, 1.82) is 0 Å². The molecule has 1 atom stereocenters. The van der Waals surface area contributed by atoms with Gasteiger partial charge >= 0.3 is 0 Å². The molecule has 0 aromatic carbocycles. The third-order valence-corrected chi connectivity index (χ3v) is 5.45. The number of hydrogen-bond donors (Lipinski definition) is 0. The number of aryl methyl sites for hydroxylation is 1.